The van der Waals surface area contributed by atoms with E-state index in [-0.39, 0.29) is 30.3 Å². The third-order valence-electron chi connectivity index (χ3n) is 4.43. The highest BCUT2D eigenvalue weighted by molar-refractivity contribution is 7.89. The minimum Gasteiger partial charge on any atom is -0.497 e. The van der Waals surface area contributed by atoms with Crippen molar-refractivity contribution in [3.05, 3.63) is 29.8 Å². The number of nitrogens with zero attached hydrogens (tertiary/aromatic N) is 1. The number of benzene rings is 1. The monoisotopic (exact) mass is 354 g/mol. The second-order valence-electron chi connectivity index (χ2n) is 6.26. The van der Waals surface area contributed by atoms with Crippen LogP contribution in [0.25, 0.3) is 0 Å². The normalized spacial score (nSPS) is 22.1. The molecule has 1 heterocycles. The number of nitrogens with one attached hydrogen (secondary N) is 1. The second kappa shape index (κ2) is 7.98. The summed E-state index contributed by atoms with van der Waals surface area (Å²) in [5.74, 6) is 0.304. The number of carbonyl (C=O) groups excluding carboxylic acids is 1. The van der Waals surface area contributed by atoms with Crippen LogP contribution in [0.5, 0.6) is 5.75 Å². The third-order valence-corrected chi connectivity index (χ3v) is 6.51. The Morgan fingerprint density at radius 2 is 1.79 bits per heavy atom. The molecule has 6 nitrogen and oxygen atoms in total. The van der Waals surface area contributed by atoms with E-state index in [2.05, 4.69) is 5.32 Å². The number of ether oxygens (including phenoxy) is 1. The van der Waals surface area contributed by atoms with Crippen molar-refractivity contribution < 1.29 is 17.9 Å². The number of hydrogen-bond acceptors (Lipinski definition) is 4. The van der Waals surface area contributed by atoms with Crippen LogP contribution >= 0.6 is 0 Å². The highest BCUT2D eigenvalue weighted by atomic mass is 32.2. The maximum atomic E-state index is 12.6. The molecule has 1 fully saturated rings. The summed E-state index contributed by atoms with van der Waals surface area (Å²) in [6, 6.07) is 6.74. The molecule has 0 bridgehead atoms. The fraction of sp³-hybridized carbons (Fsp3) is 0.588. The van der Waals surface area contributed by atoms with Gasteiger partial charge in [0.2, 0.25) is 10.0 Å². The van der Waals surface area contributed by atoms with E-state index in [1.54, 1.807) is 35.7 Å². The number of methoxy groups -OCH3 is 1. The van der Waals surface area contributed by atoms with Crippen molar-refractivity contribution in [1.82, 2.24) is 9.62 Å². The summed E-state index contributed by atoms with van der Waals surface area (Å²) in [7, 11) is -1.81. The van der Waals surface area contributed by atoms with Gasteiger partial charge in [-0.2, -0.15) is 4.31 Å². The first-order valence-corrected chi connectivity index (χ1v) is 9.89. The first-order chi connectivity index (χ1) is 11.3. The average Bonchev–Trinajstić information content (AvgIpc) is 2.54. The van der Waals surface area contributed by atoms with Crippen molar-refractivity contribution in [1.29, 1.82) is 0 Å². The molecule has 0 saturated carbocycles. The summed E-state index contributed by atoms with van der Waals surface area (Å²) >= 11 is 0. The number of hydrogen-bond donors (Lipinski definition) is 1. The van der Waals surface area contributed by atoms with E-state index in [9.17, 15) is 13.2 Å². The molecule has 1 N–H and O–H groups in total. The van der Waals surface area contributed by atoms with Gasteiger partial charge in [0, 0.05) is 24.2 Å². The Morgan fingerprint density at radius 3 is 2.33 bits per heavy atom. The molecule has 1 aromatic rings. The Labute approximate surface area is 144 Å². The van der Waals surface area contributed by atoms with Gasteiger partial charge in [-0.3, -0.25) is 4.79 Å². The quantitative estimate of drug-likeness (QED) is 0.848. The maximum Gasteiger partial charge on any atom is 0.251 e. The van der Waals surface area contributed by atoms with Gasteiger partial charge >= 0.3 is 0 Å². The van der Waals surface area contributed by atoms with Crippen molar-refractivity contribution in [2.24, 2.45) is 0 Å². The molecule has 0 aliphatic carbocycles. The van der Waals surface area contributed by atoms with E-state index in [1.165, 1.54) is 0 Å². The van der Waals surface area contributed by atoms with E-state index in [0.29, 0.717) is 11.3 Å². The molecule has 1 aliphatic rings. The van der Waals surface area contributed by atoms with Gasteiger partial charge in [-0.05, 0) is 51.0 Å². The molecule has 1 aliphatic heterocycles. The maximum absolute atomic E-state index is 12.6. The lowest BCUT2D eigenvalue weighted by molar-refractivity contribution is 0.0956. The van der Waals surface area contributed by atoms with Crippen molar-refractivity contribution in [3.8, 4) is 5.75 Å². The van der Waals surface area contributed by atoms with Crippen molar-refractivity contribution in [2.75, 3.05) is 19.4 Å². The molecule has 1 aromatic carbocycles. The smallest absolute Gasteiger partial charge is 0.251 e. The summed E-state index contributed by atoms with van der Waals surface area (Å²) in [5, 5.41) is 2.68. The Hall–Kier alpha value is -1.60. The van der Waals surface area contributed by atoms with Gasteiger partial charge in [-0.1, -0.05) is 6.42 Å². The van der Waals surface area contributed by atoms with E-state index < -0.39 is 10.0 Å². The zero-order valence-corrected chi connectivity index (χ0v) is 15.3. The van der Waals surface area contributed by atoms with Crippen molar-refractivity contribution >= 4 is 15.9 Å². The second-order valence-corrected chi connectivity index (χ2v) is 8.25. The van der Waals surface area contributed by atoms with Gasteiger partial charge < -0.3 is 10.1 Å². The molecule has 1 amide bonds. The molecule has 7 heteroatoms. The van der Waals surface area contributed by atoms with Crippen LogP contribution in [-0.2, 0) is 10.0 Å². The molecule has 1 saturated heterocycles. The molecule has 24 heavy (non-hydrogen) atoms. The van der Waals surface area contributed by atoms with E-state index in [0.717, 1.165) is 19.3 Å². The number of rotatable bonds is 6. The Bertz CT molecular complexity index is 648. The van der Waals surface area contributed by atoms with Crippen LogP contribution in [0.4, 0.5) is 0 Å². The number of sulfonamides is 1. The predicted octanol–water partition coefficient (Wildman–Crippen LogP) is 2.02. The Morgan fingerprint density at radius 1 is 1.21 bits per heavy atom. The minimum atomic E-state index is -3.37. The zero-order chi connectivity index (χ0) is 17.7. The van der Waals surface area contributed by atoms with Crippen LogP contribution in [-0.4, -0.2) is 50.1 Å². The number of carbonyl (C=O) groups is 1. The first kappa shape index (κ1) is 18.7. The third kappa shape index (κ3) is 4.48. The predicted molar refractivity (Wildman–Crippen MR) is 93.7 cm³/mol. The van der Waals surface area contributed by atoms with Crippen LogP contribution in [0.3, 0.4) is 0 Å². The van der Waals surface area contributed by atoms with Crippen LogP contribution in [0.2, 0.25) is 0 Å². The van der Waals surface area contributed by atoms with Crippen LogP contribution in [0, 0.1) is 0 Å². The van der Waals surface area contributed by atoms with Crippen LogP contribution < -0.4 is 10.1 Å². The largest absolute Gasteiger partial charge is 0.497 e. The van der Waals surface area contributed by atoms with E-state index in [1.807, 2.05) is 13.8 Å². The lowest BCUT2D eigenvalue weighted by Gasteiger charge is -2.37. The lowest BCUT2D eigenvalue weighted by atomic mass is 10.0. The fourth-order valence-electron chi connectivity index (χ4n) is 3.19. The molecule has 0 unspecified atom stereocenters. The van der Waals surface area contributed by atoms with Gasteiger partial charge in [0.15, 0.2) is 0 Å². The van der Waals surface area contributed by atoms with Crippen molar-refractivity contribution in [2.45, 2.75) is 45.2 Å². The van der Waals surface area contributed by atoms with Gasteiger partial charge in [-0.15, -0.1) is 0 Å². The fourth-order valence-corrected chi connectivity index (χ4v) is 5.07. The molecule has 0 radical (unpaired) electrons. The summed E-state index contributed by atoms with van der Waals surface area (Å²) in [4.78, 5) is 12.1. The average molecular weight is 354 g/mol. The van der Waals surface area contributed by atoms with Crippen LogP contribution in [0.15, 0.2) is 24.3 Å². The molecule has 0 spiro atoms. The standard InChI is InChI=1S/C17H26N2O4S/c1-13-5-4-6-14(2)19(13)24(21,22)12-11-18-17(20)15-7-9-16(23-3)10-8-15/h7-10,13-14H,4-6,11-12H2,1-3H3,(H,18,20)/t13-,14-/m0/s1. The van der Waals surface area contributed by atoms with Gasteiger partial charge in [-0.25, -0.2) is 8.42 Å². The summed E-state index contributed by atoms with van der Waals surface area (Å²) in [6.07, 6.45) is 2.84. The summed E-state index contributed by atoms with van der Waals surface area (Å²) < 4.78 is 31.8. The summed E-state index contributed by atoms with van der Waals surface area (Å²) in [6.45, 7) is 4.00. The first-order valence-electron chi connectivity index (χ1n) is 8.28. The molecule has 0 aromatic heterocycles. The topological polar surface area (TPSA) is 75.7 Å². The van der Waals surface area contributed by atoms with Gasteiger partial charge in [0.25, 0.3) is 5.91 Å². The summed E-state index contributed by atoms with van der Waals surface area (Å²) in [5.41, 5.74) is 0.480. The molecule has 2 rings (SSSR count). The van der Waals surface area contributed by atoms with Crippen molar-refractivity contribution in [3.63, 3.8) is 0 Å². The minimum absolute atomic E-state index is 0.0241. The van der Waals surface area contributed by atoms with Gasteiger partial charge in [0.1, 0.15) is 5.75 Å². The van der Waals surface area contributed by atoms with Gasteiger partial charge in [0.05, 0.1) is 12.9 Å². The number of amides is 1. The Balaban J connectivity index is 1.91. The lowest BCUT2D eigenvalue weighted by Crippen LogP contribution is -2.49. The highest BCUT2D eigenvalue weighted by Crippen LogP contribution is 2.25. The Kier molecular flexibility index (Phi) is 6.23. The zero-order valence-electron chi connectivity index (χ0n) is 14.5. The highest BCUT2D eigenvalue weighted by Gasteiger charge is 2.34. The van der Waals surface area contributed by atoms with E-state index in [4.69, 9.17) is 4.74 Å². The van der Waals surface area contributed by atoms with Crippen LogP contribution in [0.1, 0.15) is 43.5 Å². The number of piperidine rings is 1. The molecular weight excluding hydrogens is 328 g/mol. The molecule has 2 atom stereocenters. The molecule has 134 valence electrons. The molecular formula is C17H26N2O4S. The van der Waals surface area contributed by atoms with E-state index >= 15 is 0 Å². The SMILES string of the molecule is COc1ccc(C(=O)NCCS(=O)(=O)N2[C@@H](C)CCC[C@@H]2C)cc1.